The monoisotopic (exact) mass is 165 g/mol. The Bertz CT molecular complexity index is 270. The Morgan fingerprint density at radius 2 is 2.17 bits per heavy atom. The molecular formula is C8H11N3O. The fourth-order valence-corrected chi connectivity index (χ4v) is 1.03. The van der Waals surface area contributed by atoms with Crippen LogP contribution in [-0.2, 0) is 4.79 Å². The normalized spacial score (nSPS) is 14.5. The Morgan fingerprint density at radius 1 is 1.50 bits per heavy atom. The minimum Gasteiger partial charge on any atom is -0.356 e. The van der Waals surface area contributed by atoms with Crippen LogP contribution < -0.4 is 0 Å². The van der Waals surface area contributed by atoms with Crippen molar-refractivity contribution in [2.75, 3.05) is 13.1 Å². The molecule has 0 aromatic carbocycles. The van der Waals surface area contributed by atoms with Gasteiger partial charge >= 0.3 is 0 Å². The summed E-state index contributed by atoms with van der Waals surface area (Å²) in [5, 5.41) is 0. The summed E-state index contributed by atoms with van der Waals surface area (Å²) >= 11 is 0. The maximum Gasteiger partial charge on any atom is 0.240 e. The topological polar surface area (TPSA) is 45.0 Å². The number of carbonyl (C=O) groups excluding carboxylic acids is 1. The fraction of sp³-hybridized carbons (Fsp3) is 0.500. The number of amidine groups is 1. The lowest BCUT2D eigenvalue weighted by Crippen LogP contribution is -2.30. The summed E-state index contributed by atoms with van der Waals surface area (Å²) < 4.78 is 0. The molecule has 0 N–H and O–H groups in total. The summed E-state index contributed by atoms with van der Waals surface area (Å²) in [6.07, 6.45) is 1.59. The van der Waals surface area contributed by atoms with Crippen molar-refractivity contribution >= 4 is 18.0 Å². The minimum absolute atomic E-state index is 0.136. The van der Waals surface area contributed by atoms with Crippen LogP contribution in [0.3, 0.4) is 0 Å². The van der Waals surface area contributed by atoms with Gasteiger partial charge in [-0.2, -0.15) is 4.99 Å². The second kappa shape index (κ2) is 3.83. The van der Waals surface area contributed by atoms with E-state index in [1.807, 2.05) is 18.7 Å². The van der Waals surface area contributed by atoms with Crippen molar-refractivity contribution in [2.24, 2.45) is 9.98 Å². The van der Waals surface area contributed by atoms with Gasteiger partial charge in [0.15, 0.2) is 5.94 Å². The molecule has 0 amide bonds. The summed E-state index contributed by atoms with van der Waals surface area (Å²) in [4.78, 5) is 19.9. The molecule has 0 aliphatic carbocycles. The zero-order valence-electron chi connectivity index (χ0n) is 7.24. The van der Waals surface area contributed by atoms with Gasteiger partial charge in [0.1, 0.15) is 5.84 Å². The van der Waals surface area contributed by atoms with Gasteiger partial charge in [0.05, 0.1) is 6.21 Å². The van der Waals surface area contributed by atoms with Crippen LogP contribution in [0.2, 0.25) is 0 Å². The largest absolute Gasteiger partial charge is 0.356 e. The zero-order valence-corrected chi connectivity index (χ0v) is 7.24. The van der Waals surface area contributed by atoms with Gasteiger partial charge in [-0.3, -0.25) is 0 Å². The Kier molecular flexibility index (Phi) is 2.77. The van der Waals surface area contributed by atoms with Crippen molar-refractivity contribution in [3.05, 3.63) is 5.82 Å². The molecule has 0 radical (unpaired) electrons. The predicted octanol–water partition coefficient (Wildman–Crippen LogP) is 0.484. The van der Waals surface area contributed by atoms with Gasteiger partial charge in [-0.1, -0.05) is 0 Å². The highest BCUT2D eigenvalue weighted by molar-refractivity contribution is 6.31. The average molecular weight is 165 g/mol. The van der Waals surface area contributed by atoms with Gasteiger partial charge in [-0.15, -0.1) is 0 Å². The molecular weight excluding hydrogens is 154 g/mol. The Labute approximate surface area is 71.3 Å². The van der Waals surface area contributed by atoms with Crippen LogP contribution in [0.5, 0.6) is 0 Å². The molecule has 0 saturated carbocycles. The maximum absolute atomic E-state index is 10.2. The number of rotatable bonds is 2. The smallest absolute Gasteiger partial charge is 0.240 e. The molecule has 1 rings (SSSR count). The maximum atomic E-state index is 10.2. The summed E-state index contributed by atoms with van der Waals surface area (Å²) in [6, 6.07) is 0. The summed E-state index contributed by atoms with van der Waals surface area (Å²) in [5.74, 6) is 2.54. The average Bonchev–Trinajstić information content (AvgIpc) is 2.55. The SMILES string of the molecule is CCN(CC)C1=NC(=C=O)N=C1. The molecule has 0 aromatic rings. The van der Waals surface area contributed by atoms with Crippen molar-refractivity contribution in [1.82, 2.24) is 4.90 Å². The van der Waals surface area contributed by atoms with Crippen molar-refractivity contribution < 1.29 is 4.79 Å². The molecule has 12 heavy (non-hydrogen) atoms. The van der Waals surface area contributed by atoms with Gasteiger partial charge in [0.25, 0.3) is 0 Å². The van der Waals surface area contributed by atoms with E-state index in [-0.39, 0.29) is 5.82 Å². The molecule has 0 bridgehead atoms. The standard InChI is InChI=1S/C8H11N3O/c1-3-11(4-2)8-5-9-7(6-12)10-8/h5H,3-4H2,1-2H3. The van der Waals surface area contributed by atoms with E-state index in [0.717, 1.165) is 18.9 Å². The summed E-state index contributed by atoms with van der Waals surface area (Å²) in [6.45, 7) is 5.80. The number of hydrogen-bond donors (Lipinski definition) is 0. The van der Waals surface area contributed by atoms with Gasteiger partial charge < -0.3 is 4.90 Å². The van der Waals surface area contributed by atoms with Crippen LogP contribution in [0.15, 0.2) is 15.8 Å². The predicted molar refractivity (Wildman–Crippen MR) is 48.1 cm³/mol. The van der Waals surface area contributed by atoms with Gasteiger partial charge in [-0.25, -0.2) is 9.79 Å². The zero-order chi connectivity index (χ0) is 8.97. The van der Waals surface area contributed by atoms with E-state index >= 15 is 0 Å². The van der Waals surface area contributed by atoms with Crippen LogP contribution >= 0.6 is 0 Å². The third kappa shape index (κ3) is 1.60. The first kappa shape index (κ1) is 8.68. The van der Waals surface area contributed by atoms with E-state index in [9.17, 15) is 4.79 Å². The van der Waals surface area contributed by atoms with Crippen molar-refractivity contribution in [1.29, 1.82) is 0 Å². The molecule has 4 heteroatoms. The molecule has 0 aromatic heterocycles. The quantitative estimate of drug-likeness (QED) is 0.559. The summed E-state index contributed by atoms with van der Waals surface area (Å²) in [5.41, 5.74) is 0. The molecule has 0 atom stereocenters. The van der Waals surface area contributed by atoms with E-state index in [4.69, 9.17) is 0 Å². The highest BCUT2D eigenvalue weighted by Gasteiger charge is 2.10. The van der Waals surface area contributed by atoms with Gasteiger partial charge in [0.2, 0.25) is 5.82 Å². The molecule has 1 heterocycles. The number of hydrogen-bond acceptors (Lipinski definition) is 4. The van der Waals surface area contributed by atoms with Crippen LogP contribution in [0, 0.1) is 0 Å². The Morgan fingerprint density at radius 3 is 2.58 bits per heavy atom. The van der Waals surface area contributed by atoms with Gasteiger partial charge in [-0.05, 0) is 13.8 Å². The Balaban J connectivity index is 2.79. The third-order valence-corrected chi connectivity index (χ3v) is 1.70. The lowest BCUT2D eigenvalue weighted by molar-refractivity contribution is 0.472. The first-order valence-electron chi connectivity index (χ1n) is 3.94. The molecule has 0 spiro atoms. The van der Waals surface area contributed by atoms with Crippen molar-refractivity contribution in [3.8, 4) is 0 Å². The van der Waals surface area contributed by atoms with E-state index in [2.05, 4.69) is 9.98 Å². The minimum atomic E-state index is 0.136. The Hall–Kier alpha value is -1.41. The third-order valence-electron chi connectivity index (χ3n) is 1.70. The molecule has 1 aliphatic rings. The lowest BCUT2D eigenvalue weighted by atomic mass is 10.4. The first-order valence-corrected chi connectivity index (χ1v) is 3.94. The second-order valence-electron chi connectivity index (χ2n) is 2.33. The van der Waals surface area contributed by atoms with E-state index in [1.54, 1.807) is 12.2 Å². The number of nitrogens with zero attached hydrogens (tertiary/aromatic N) is 3. The molecule has 64 valence electrons. The molecule has 0 saturated heterocycles. The molecule has 0 unspecified atom stereocenters. The summed E-state index contributed by atoms with van der Waals surface area (Å²) in [7, 11) is 0. The van der Waals surface area contributed by atoms with E-state index < -0.39 is 0 Å². The first-order chi connectivity index (χ1) is 5.81. The highest BCUT2D eigenvalue weighted by Crippen LogP contribution is 2.03. The second-order valence-corrected chi connectivity index (χ2v) is 2.33. The van der Waals surface area contributed by atoms with Crippen molar-refractivity contribution in [2.45, 2.75) is 13.8 Å². The van der Waals surface area contributed by atoms with Crippen LogP contribution in [-0.4, -0.2) is 36.0 Å². The van der Waals surface area contributed by atoms with E-state index in [1.165, 1.54) is 0 Å². The van der Waals surface area contributed by atoms with E-state index in [0.29, 0.717) is 0 Å². The lowest BCUT2D eigenvalue weighted by Gasteiger charge is -2.17. The molecule has 0 fully saturated rings. The van der Waals surface area contributed by atoms with Crippen LogP contribution in [0.25, 0.3) is 0 Å². The van der Waals surface area contributed by atoms with Crippen LogP contribution in [0.1, 0.15) is 13.8 Å². The highest BCUT2D eigenvalue weighted by atomic mass is 16.1. The van der Waals surface area contributed by atoms with Crippen molar-refractivity contribution in [3.63, 3.8) is 0 Å². The number of aliphatic imine (C=N–C) groups is 2. The van der Waals surface area contributed by atoms with Crippen LogP contribution in [0.4, 0.5) is 0 Å². The fourth-order valence-electron chi connectivity index (χ4n) is 1.03. The molecule has 4 nitrogen and oxygen atoms in total. The molecule has 1 aliphatic heterocycles. The van der Waals surface area contributed by atoms with Gasteiger partial charge in [0, 0.05) is 13.1 Å².